The number of nitriles is 1. The van der Waals surface area contributed by atoms with Crippen LogP contribution in [0.15, 0.2) is 12.1 Å². The first-order chi connectivity index (χ1) is 5.27. The van der Waals surface area contributed by atoms with Crippen molar-refractivity contribution in [1.29, 1.82) is 5.26 Å². The molecule has 0 aromatic heterocycles. The van der Waals surface area contributed by atoms with Gasteiger partial charge in [-0.1, -0.05) is 0 Å². The van der Waals surface area contributed by atoms with Crippen molar-refractivity contribution in [3.63, 3.8) is 0 Å². The third-order valence-electron chi connectivity index (χ3n) is 1.31. The second-order valence-corrected chi connectivity index (χ2v) is 1.97. The molecule has 1 aromatic carbocycles. The number of benzene rings is 1. The average Bonchev–Trinajstić information content (AvgIpc) is 2.04. The van der Waals surface area contributed by atoms with Crippen LogP contribution >= 0.6 is 0 Å². The maximum absolute atomic E-state index is 12.4. The standard InChI is InChI=1S/C8H6FN2/c1-11-8-3-2-7(9)4-6(8)5-10/h3-4,11H,1H3. The molecule has 55 valence electrons. The van der Waals surface area contributed by atoms with Crippen molar-refractivity contribution in [2.24, 2.45) is 0 Å². The van der Waals surface area contributed by atoms with E-state index < -0.39 is 5.82 Å². The minimum absolute atomic E-state index is 0.295. The minimum atomic E-state index is -0.513. The topological polar surface area (TPSA) is 35.8 Å². The van der Waals surface area contributed by atoms with Gasteiger partial charge in [-0.15, -0.1) is 0 Å². The second kappa shape index (κ2) is 3.02. The van der Waals surface area contributed by atoms with E-state index in [9.17, 15) is 4.39 Å². The van der Waals surface area contributed by atoms with Crippen molar-refractivity contribution < 1.29 is 4.39 Å². The van der Waals surface area contributed by atoms with Crippen LogP contribution in [0.25, 0.3) is 0 Å². The van der Waals surface area contributed by atoms with Crippen LogP contribution in [-0.2, 0) is 0 Å². The molecule has 0 saturated carbocycles. The zero-order valence-electron chi connectivity index (χ0n) is 5.98. The molecule has 0 aliphatic carbocycles. The Balaban J connectivity index is 3.19. The van der Waals surface area contributed by atoms with E-state index in [1.807, 2.05) is 6.07 Å². The van der Waals surface area contributed by atoms with E-state index in [1.165, 1.54) is 6.07 Å². The first kappa shape index (κ1) is 7.55. The summed E-state index contributed by atoms with van der Waals surface area (Å²) in [6.45, 7) is 0. The van der Waals surface area contributed by atoms with Gasteiger partial charge in [0.25, 0.3) is 0 Å². The summed E-state index contributed by atoms with van der Waals surface area (Å²) in [5.41, 5.74) is 0.887. The largest absolute Gasteiger partial charge is 0.387 e. The van der Waals surface area contributed by atoms with Gasteiger partial charge < -0.3 is 5.32 Å². The van der Waals surface area contributed by atoms with E-state index >= 15 is 0 Å². The highest BCUT2D eigenvalue weighted by Crippen LogP contribution is 2.13. The lowest BCUT2D eigenvalue weighted by Gasteiger charge is -2.00. The predicted octanol–water partition coefficient (Wildman–Crippen LogP) is 1.54. The molecule has 0 amide bonds. The fourth-order valence-corrected chi connectivity index (χ4v) is 0.764. The molecular weight excluding hydrogens is 143 g/mol. The maximum Gasteiger partial charge on any atom is 0.132 e. The van der Waals surface area contributed by atoms with Gasteiger partial charge in [0.1, 0.15) is 11.9 Å². The summed E-state index contributed by atoms with van der Waals surface area (Å²) in [6.07, 6.45) is 0. The second-order valence-electron chi connectivity index (χ2n) is 1.97. The van der Waals surface area contributed by atoms with Crippen LogP contribution in [0.2, 0.25) is 0 Å². The van der Waals surface area contributed by atoms with Crippen molar-refractivity contribution in [3.05, 3.63) is 29.6 Å². The molecule has 0 saturated heterocycles. The highest BCUT2D eigenvalue weighted by atomic mass is 19.1. The summed E-state index contributed by atoms with van der Waals surface area (Å²) in [5.74, 6) is -0.513. The summed E-state index contributed by atoms with van der Waals surface area (Å²) in [6, 6.07) is 6.77. The lowest BCUT2D eigenvalue weighted by Crippen LogP contribution is -1.92. The first-order valence-electron chi connectivity index (χ1n) is 3.07. The smallest absolute Gasteiger partial charge is 0.132 e. The van der Waals surface area contributed by atoms with Crippen LogP contribution in [-0.4, -0.2) is 7.05 Å². The number of anilines is 1. The maximum atomic E-state index is 12.4. The van der Waals surface area contributed by atoms with Gasteiger partial charge >= 0.3 is 0 Å². The van der Waals surface area contributed by atoms with Gasteiger partial charge in [0.2, 0.25) is 0 Å². The Kier molecular flexibility index (Phi) is 2.07. The molecule has 0 heterocycles. The molecule has 0 fully saturated rings. The summed E-state index contributed by atoms with van der Waals surface area (Å²) in [4.78, 5) is 0. The molecule has 1 radical (unpaired) electrons. The highest BCUT2D eigenvalue weighted by molar-refractivity contribution is 5.56. The zero-order chi connectivity index (χ0) is 8.27. The van der Waals surface area contributed by atoms with E-state index in [4.69, 9.17) is 5.26 Å². The van der Waals surface area contributed by atoms with Gasteiger partial charge in [-0.2, -0.15) is 5.26 Å². The Morgan fingerprint density at radius 3 is 3.00 bits per heavy atom. The van der Waals surface area contributed by atoms with Crippen molar-refractivity contribution in [3.8, 4) is 6.07 Å². The lowest BCUT2D eigenvalue weighted by molar-refractivity contribution is 0.625. The minimum Gasteiger partial charge on any atom is -0.387 e. The normalized spacial score (nSPS) is 8.82. The lowest BCUT2D eigenvalue weighted by atomic mass is 10.2. The van der Waals surface area contributed by atoms with Gasteiger partial charge in [0.05, 0.1) is 11.3 Å². The Morgan fingerprint density at radius 1 is 1.73 bits per heavy atom. The first-order valence-corrected chi connectivity index (χ1v) is 3.07. The number of rotatable bonds is 1. The van der Waals surface area contributed by atoms with Crippen LogP contribution in [0.3, 0.4) is 0 Å². The number of hydrogen-bond donors (Lipinski definition) is 1. The Morgan fingerprint density at radius 2 is 2.45 bits per heavy atom. The molecular formula is C8H6FN2. The quantitative estimate of drug-likeness (QED) is 0.657. The van der Waals surface area contributed by atoms with Crippen LogP contribution in [0.1, 0.15) is 5.56 Å². The monoisotopic (exact) mass is 149 g/mol. The van der Waals surface area contributed by atoms with Crippen molar-refractivity contribution in [1.82, 2.24) is 0 Å². The van der Waals surface area contributed by atoms with Crippen LogP contribution in [0.4, 0.5) is 10.1 Å². The van der Waals surface area contributed by atoms with Gasteiger partial charge in [0, 0.05) is 13.1 Å². The average molecular weight is 149 g/mol. The molecule has 1 N–H and O–H groups in total. The Hall–Kier alpha value is -1.56. The van der Waals surface area contributed by atoms with Crippen molar-refractivity contribution >= 4 is 5.69 Å². The summed E-state index contributed by atoms with van der Waals surface area (Å²) < 4.78 is 12.4. The van der Waals surface area contributed by atoms with E-state index in [0.717, 1.165) is 6.07 Å². The predicted molar refractivity (Wildman–Crippen MR) is 39.5 cm³/mol. The third kappa shape index (κ3) is 1.47. The molecule has 0 atom stereocenters. The molecule has 0 unspecified atom stereocenters. The number of nitrogens with zero attached hydrogens (tertiary/aromatic N) is 1. The molecule has 2 nitrogen and oxygen atoms in total. The van der Waals surface area contributed by atoms with Gasteiger partial charge in [-0.25, -0.2) is 4.39 Å². The Labute approximate surface area is 64.3 Å². The summed E-state index contributed by atoms with van der Waals surface area (Å²) >= 11 is 0. The molecule has 0 aliphatic rings. The number of hydrogen-bond acceptors (Lipinski definition) is 2. The van der Waals surface area contributed by atoms with Crippen LogP contribution in [0.5, 0.6) is 0 Å². The van der Waals surface area contributed by atoms with E-state index in [2.05, 4.69) is 11.4 Å². The van der Waals surface area contributed by atoms with Crippen molar-refractivity contribution in [2.45, 2.75) is 0 Å². The van der Waals surface area contributed by atoms with Crippen molar-refractivity contribution in [2.75, 3.05) is 12.4 Å². The zero-order valence-corrected chi connectivity index (χ0v) is 5.98. The summed E-state index contributed by atoms with van der Waals surface area (Å²) in [7, 11) is 1.67. The summed E-state index contributed by atoms with van der Waals surface area (Å²) in [5, 5.41) is 11.3. The van der Waals surface area contributed by atoms with E-state index in [-0.39, 0.29) is 0 Å². The fourth-order valence-electron chi connectivity index (χ4n) is 0.764. The Bertz CT molecular complexity index is 301. The molecule has 0 aliphatic heterocycles. The molecule has 11 heavy (non-hydrogen) atoms. The van der Waals surface area contributed by atoms with Gasteiger partial charge in [-0.3, -0.25) is 0 Å². The number of halogens is 1. The molecule has 3 heteroatoms. The SMILES string of the molecule is CNc1c[c]c(F)cc1C#N. The van der Waals surface area contributed by atoms with Crippen LogP contribution < -0.4 is 5.32 Å². The molecule has 0 spiro atoms. The van der Waals surface area contributed by atoms with Crippen LogP contribution in [0, 0.1) is 23.2 Å². The fraction of sp³-hybridized carbons (Fsp3) is 0.125. The van der Waals surface area contributed by atoms with E-state index in [1.54, 1.807) is 7.05 Å². The molecule has 0 bridgehead atoms. The molecule has 1 aromatic rings. The van der Waals surface area contributed by atoms with Gasteiger partial charge in [0.15, 0.2) is 0 Å². The highest BCUT2D eigenvalue weighted by Gasteiger charge is 2.00. The number of nitrogens with one attached hydrogen (secondary N) is 1. The third-order valence-corrected chi connectivity index (χ3v) is 1.31. The van der Waals surface area contributed by atoms with E-state index in [0.29, 0.717) is 11.3 Å². The van der Waals surface area contributed by atoms with Gasteiger partial charge in [-0.05, 0) is 12.1 Å². The molecule has 1 rings (SSSR count).